The van der Waals surface area contributed by atoms with Crippen LogP contribution >= 0.6 is 0 Å². The average molecular weight is 235 g/mol. The summed E-state index contributed by atoms with van der Waals surface area (Å²) in [7, 11) is 0. The topological polar surface area (TPSA) is 26.0 Å². The molecule has 0 saturated heterocycles. The van der Waals surface area contributed by atoms with Crippen LogP contribution in [0.4, 0.5) is 4.39 Å². The Balaban J connectivity index is 2.10. The number of hydrogen-bond donors (Lipinski definition) is 1. The molecular weight excluding hydrogens is 213 g/mol. The molecule has 0 amide bonds. The molecule has 0 aromatic heterocycles. The Morgan fingerprint density at radius 2 is 1.76 bits per heavy atom. The summed E-state index contributed by atoms with van der Waals surface area (Å²) in [5, 5.41) is 0. The molecule has 1 nitrogen and oxygen atoms in total. The molecule has 1 atom stereocenters. The molecule has 1 aromatic rings. The van der Waals surface area contributed by atoms with E-state index in [1.807, 2.05) is 12.1 Å². The van der Waals surface area contributed by atoms with Crippen LogP contribution in [0.3, 0.4) is 0 Å². The normalized spacial score (nSPS) is 19.2. The first-order valence-electron chi connectivity index (χ1n) is 6.70. The van der Waals surface area contributed by atoms with Crippen LogP contribution in [0, 0.1) is 5.92 Å². The number of rotatable bonds is 4. The second-order valence-corrected chi connectivity index (χ2v) is 5.10. The van der Waals surface area contributed by atoms with Gasteiger partial charge in [0.05, 0.1) is 6.67 Å². The smallest absolute Gasteiger partial charge is 0.0965 e. The number of alkyl halides is 1. The van der Waals surface area contributed by atoms with E-state index in [-0.39, 0.29) is 12.6 Å². The van der Waals surface area contributed by atoms with Gasteiger partial charge in [0.1, 0.15) is 0 Å². The van der Waals surface area contributed by atoms with E-state index in [4.69, 9.17) is 5.73 Å². The van der Waals surface area contributed by atoms with Gasteiger partial charge in [-0.05, 0) is 29.9 Å². The second kappa shape index (κ2) is 6.15. The van der Waals surface area contributed by atoms with Crippen LogP contribution in [-0.4, -0.2) is 6.67 Å². The van der Waals surface area contributed by atoms with Crippen molar-refractivity contribution in [2.45, 2.75) is 44.6 Å². The summed E-state index contributed by atoms with van der Waals surface area (Å²) in [6.07, 6.45) is 6.23. The maximum Gasteiger partial charge on any atom is 0.0965 e. The second-order valence-electron chi connectivity index (χ2n) is 5.10. The van der Waals surface area contributed by atoms with Gasteiger partial charge in [-0.3, -0.25) is 4.39 Å². The first kappa shape index (κ1) is 12.6. The lowest BCUT2D eigenvalue weighted by Crippen LogP contribution is -2.18. The van der Waals surface area contributed by atoms with Crippen molar-refractivity contribution in [3.63, 3.8) is 0 Å². The zero-order chi connectivity index (χ0) is 12.1. The van der Waals surface area contributed by atoms with E-state index in [0.29, 0.717) is 12.5 Å². The molecule has 0 bridgehead atoms. The third-order valence-corrected chi connectivity index (χ3v) is 4.03. The van der Waals surface area contributed by atoms with Gasteiger partial charge in [-0.25, -0.2) is 0 Å². The van der Waals surface area contributed by atoms with Crippen LogP contribution in [-0.2, 0) is 6.54 Å². The monoisotopic (exact) mass is 235 g/mol. The van der Waals surface area contributed by atoms with E-state index in [2.05, 4.69) is 12.1 Å². The van der Waals surface area contributed by atoms with Gasteiger partial charge in [0.2, 0.25) is 0 Å². The SMILES string of the molecule is NCc1ccc(C(CF)C2CCCCC2)cc1. The quantitative estimate of drug-likeness (QED) is 0.844. The molecular formula is C15H22FN. The molecule has 0 heterocycles. The van der Waals surface area contributed by atoms with Gasteiger partial charge in [0, 0.05) is 12.5 Å². The molecule has 1 aliphatic rings. The van der Waals surface area contributed by atoms with Crippen LogP contribution in [0.25, 0.3) is 0 Å². The maximum atomic E-state index is 13.3. The van der Waals surface area contributed by atoms with Crippen molar-refractivity contribution in [3.05, 3.63) is 35.4 Å². The summed E-state index contributed by atoms with van der Waals surface area (Å²) in [4.78, 5) is 0. The van der Waals surface area contributed by atoms with E-state index >= 15 is 0 Å². The molecule has 1 aromatic carbocycles. The fourth-order valence-electron chi connectivity index (χ4n) is 2.92. The Labute approximate surface area is 103 Å². The van der Waals surface area contributed by atoms with E-state index in [1.54, 1.807) is 0 Å². The van der Waals surface area contributed by atoms with E-state index in [9.17, 15) is 4.39 Å². The number of halogens is 1. The molecule has 1 saturated carbocycles. The molecule has 0 radical (unpaired) electrons. The predicted octanol–water partition coefficient (Wildman–Crippen LogP) is 3.78. The number of benzene rings is 1. The van der Waals surface area contributed by atoms with Crippen molar-refractivity contribution in [1.82, 2.24) is 0 Å². The summed E-state index contributed by atoms with van der Waals surface area (Å²) < 4.78 is 13.3. The molecule has 94 valence electrons. The Kier molecular flexibility index (Phi) is 4.55. The Morgan fingerprint density at radius 1 is 1.12 bits per heavy atom. The molecule has 1 unspecified atom stereocenters. The standard InChI is InChI=1S/C15H22FN/c16-10-15(13-4-2-1-3-5-13)14-8-6-12(11-17)7-9-14/h6-9,13,15H,1-5,10-11,17H2. The summed E-state index contributed by atoms with van der Waals surface area (Å²) in [5.74, 6) is 0.639. The molecule has 17 heavy (non-hydrogen) atoms. The molecule has 0 spiro atoms. The Hall–Kier alpha value is -0.890. The van der Waals surface area contributed by atoms with E-state index in [1.165, 1.54) is 32.1 Å². The van der Waals surface area contributed by atoms with Crippen molar-refractivity contribution in [2.75, 3.05) is 6.67 Å². The van der Waals surface area contributed by atoms with Gasteiger partial charge in [0.15, 0.2) is 0 Å². The van der Waals surface area contributed by atoms with Crippen LogP contribution in [0.1, 0.15) is 49.1 Å². The summed E-state index contributed by atoms with van der Waals surface area (Å²) >= 11 is 0. The van der Waals surface area contributed by atoms with Gasteiger partial charge in [-0.2, -0.15) is 0 Å². The van der Waals surface area contributed by atoms with Gasteiger partial charge in [0.25, 0.3) is 0 Å². The van der Waals surface area contributed by atoms with Crippen molar-refractivity contribution < 1.29 is 4.39 Å². The summed E-state index contributed by atoms with van der Waals surface area (Å²) in [6.45, 7) is 0.330. The van der Waals surface area contributed by atoms with Crippen LogP contribution in [0.5, 0.6) is 0 Å². The van der Waals surface area contributed by atoms with Crippen LogP contribution in [0.2, 0.25) is 0 Å². The van der Waals surface area contributed by atoms with Crippen molar-refractivity contribution in [3.8, 4) is 0 Å². The summed E-state index contributed by atoms with van der Waals surface area (Å²) in [5.41, 5.74) is 7.85. The van der Waals surface area contributed by atoms with E-state index in [0.717, 1.165) is 11.1 Å². The summed E-state index contributed by atoms with van der Waals surface area (Å²) in [6, 6.07) is 8.17. The zero-order valence-electron chi connectivity index (χ0n) is 10.4. The molecule has 2 N–H and O–H groups in total. The lowest BCUT2D eigenvalue weighted by Gasteiger charge is -2.28. The molecule has 2 heteroatoms. The predicted molar refractivity (Wildman–Crippen MR) is 69.6 cm³/mol. The first-order valence-corrected chi connectivity index (χ1v) is 6.70. The molecule has 1 fully saturated rings. The fourth-order valence-corrected chi connectivity index (χ4v) is 2.92. The molecule has 1 aliphatic carbocycles. The highest BCUT2D eigenvalue weighted by Crippen LogP contribution is 2.36. The Morgan fingerprint density at radius 3 is 2.29 bits per heavy atom. The van der Waals surface area contributed by atoms with Gasteiger partial charge < -0.3 is 5.73 Å². The minimum atomic E-state index is -0.230. The van der Waals surface area contributed by atoms with Crippen LogP contribution < -0.4 is 5.73 Å². The van der Waals surface area contributed by atoms with Crippen LogP contribution in [0.15, 0.2) is 24.3 Å². The highest BCUT2D eigenvalue weighted by molar-refractivity contribution is 5.26. The van der Waals surface area contributed by atoms with Gasteiger partial charge in [-0.15, -0.1) is 0 Å². The van der Waals surface area contributed by atoms with Crippen molar-refractivity contribution in [2.24, 2.45) is 11.7 Å². The Bertz CT molecular complexity index is 327. The highest BCUT2D eigenvalue weighted by Gasteiger charge is 2.24. The molecule has 0 aliphatic heterocycles. The average Bonchev–Trinajstić information content (AvgIpc) is 2.42. The van der Waals surface area contributed by atoms with E-state index < -0.39 is 0 Å². The van der Waals surface area contributed by atoms with Gasteiger partial charge in [-0.1, -0.05) is 43.5 Å². The number of hydrogen-bond acceptors (Lipinski definition) is 1. The minimum Gasteiger partial charge on any atom is -0.326 e. The first-order chi connectivity index (χ1) is 8.35. The van der Waals surface area contributed by atoms with Crippen molar-refractivity contribution >= 4 is 0 Å². The lowest BCUT2D eigenvalue weighted by atomic mass is 9.77. The maximum absolute atomic E-state index is 13.3. The largest absolute Gasteiger partial charge is 0.326 e. The highest BCUT2D eigenvalue weighted by atomic mass is 19.1. The van der Waals surface area contributed by atoms with Crippen molar-refractivity contribution in [1.29, 1.82) is 0 Å². The fraction of sp³-hybridized carbons (Fsp3) is 0.600. The van der Waals surface area contributed by atoms with Gasteiger partial charge >= 0.3 is 0 Å². The number of nitrogens with two attached hydrogens (primary N) is 1. The lowest BCUT2D eigenvalue weighted by molar-refractivity contribution is 0.263. The zero-order valence-corrected chi connectivity index (χ0v) is 10.4. The third kappa shape index (κ3) is 3.06. The minimum absolute atomic E-state index is 0.0992. The third-order valence-electron chi connectivity index (χ3n) is 4.03. The molecule has 2 rings (SSSR count).